The zero-order valence-electron chi connectivity index (χ0n) is 18.6. The summed E-state index contributed by atoms with van der Waals surface area (Å²) in [7, 11) is 4.58. The molecule has 4 aromatic rings. The van der Waals surface area contributed by atoms with Crippen molar-refractivity contribution in [1.82, 2.24) is 4.98 Å². The van der Waals surface area contributed by atoms with Gasteiger partial charge in [-0.05, 0) is 0 Å². The van der Waals surface area contributed by atoms with Crippen molar-refractivity contribution >= 4 is 26.0 Å². The van der Waals surface area contributed by atoms with E-state index in [9.17, 15) is 14.9 Å². The van der Waals surface area contributed by atoms with Crippen LogP contribution in [0.5, 0.6) is 17.2 Å². The Kier molecular flexibility index (Phi) is 6.77. The molecule has 0 saturated carbocycles. The molecule has 0 saturated heterocycles. The van der Waals surface area contributed by atoms with Gasteiger partial charge in [-0.25, -0.2) is 0 Å². The standard InChI is InChI=1S/C25H20N2O6Se/c1-31-19-13-17(14-20(32-2)23(19)33-3)21-24(16-9-11-18(12-10-16)27(29)30)34-25(26-21)22(28)15-7-5-4-6-8-15/h4-14H,1-3H3. The van der Waals surface area contributed by atoms with Gasteiger partial charge in [0, 0.05) is 0 Å². The van der Waals surface area contributed by atoms with Crippen molar-refractivity contribution in [2.45, 2.75) is 0 Å². The van der Waals surface area contributed by atoms with E-state index in [1.54, 1.807) is 48.5 Å². The fourth-order valence-electron chi connectivity index (χ4n) is 3.47. The molecule has 0 radical (unpaired) electrons. The predicted molar refractivity (Wildman–Crippen MR) is 128 cm³/mol. The van der Waals surface area contributed by atoms with Crippen LogP contribution < -0.4 is 14.2 Å². The zero-order valence-corrected chi connectivity index (χ0v) is 20.3. The molecule has 8 nitrogen and oxygen atoms in total. The molecule has 0 bridgehead atoms. The van der Waals surface area contributed by atoms with Crippen LogP contribution in [-0.2, 0) is 0 Å². The molecular weight excluding hydrogens is 503 g/mol. The van der Waals surface area contributed by atoms with Gasteiger partial charge in [-0.15, -0.1) is 0 Å². The van der Waals surface area contributed by atoms with Gasteiger partial charge in [-0.3, -0.25) is 0 Å². The Bertz CT molecular complexity index is 1320. The van der Waals surface area contributed by atoms with Gasteiger partial charge < -0.3 is 0 Å². The Morgan fingerprint density at radius 3 is 2.03 bits per heavy atom. The number of nitro groups is 1. The van der Waals surface area contributed by atoms with Crippen LogP contribution in [-0.4, -0.2) is 51.5 Å². The van der Waals surface area contributed by atoms with Crippen LogP contribution in [0.25, 0.3) is 21.3 Å². The van der Waals surface area contributed by atoms with E-state index in [1.165, 1.54) is 33.5 Å². The third-order valence-corrected chi connectivity index (χ3v) is 7.45. The minimum atomic E-state index is -0.446. The van der Waals surface area contributed by atoms with Crippen molar-refractivity contribution < 1.29 is 23.9 Å². The summed E-state index contributed by atoms with van der Waals surface area (Å²) in [4.78, 5) is 28.6. The van der Waals surface area contributed by atoms with Crippen LogP contribution >= 0.6 is 0 Å². The molecular formula is C25H20N2O6Se. The summed E-state index contributed by atoms with van der Waals surface area (Å²) >= 11 is -0.432. The average molecular weight is 523 g/mol. The van der Waals surface area contributed by atoms with Gasteiger partial charge in [0.15, 0.2) is 0 Å². The molecule has 0 aliphatic carbocycles. The van der Waals surface area contributed by atoms with E-state index in [2.05, 4.69) is 0 Å². The van der Waals surface area contributed by atoms with E-state index in [-0.39, 0.29) is 11.5 Å². The molecule has 0 aliphatic heterocycles. The second-order valence-corrected chi connectivity index (χ2v) is 9.21. The van der Waals surface area contributed by atoms with Gasteiger partial charge in [0.25, 0.3) is 0 Å². The number of hydrogen-bond donors (Lipinski definition) is 0. The molecule has 0 N–H and O–H groups in total. The van der Waals surface area contributed by atoms with Crippen LogP contribution in [0, 0.1) is 10.1 Å². The second kappa shape index (κ2) is 9.91. The molecule has 1 heterocycles. The number of benzene rings is 3. The number of nitro benzene ring substituents is 1. The summed E-state index contributed by atoms with van der Waals surface area (Å²) in [6, 6.07) is 18.8. The van der Waals surface area contributed by atoms with Crippen molar-refractivity contribution in [2.75, 3.05) is 21.3 Å². The maximum absolute atomic E-state index is 13.2. The van der Waals surface area contributed by atoms with Gasteiger partial charge in [0.05, 0.1) is 0 Å². The van der Waals surface area contributed by atoms with Crippen LogP contribution in [0.1, 0.15) is 14.9 Å². The molecule has 0 aliphatic rings. The number of rotatable bonds is 8. The molecule has 172 valence electrons. The van der Waals surface area contributed by atoms with Crippen LogP contribution in [0.4, 0.5) is 5.69 Å². The number of ketones is 1. The number of ether oxygens (including phenoxy) is 3. The Hall–Kier alpha value is -3.94. The zero-order chi connectivity index (χ0) is 24.2. The molecule has 0 amide bonds. The summed E-state index contributed by atoms with van der Waals surface area (Å²) in [6.45, 7) is 0. The van der Waals surface area contributed by atoms with Gasteiger partial charge in [0.1, 0.15) is 0 Å². The normalized spacial score (nSPS) is 10.6. The molecule has 0 spiro atoms. The molecule has 4 rings (SSSR count). The number of carbonyl (C=O) groups excluding carboxylic acids is 1. The molecule has 0 atom stereocenters. The Morgan fingerprint density at radius 1 is 0.882 bits per heavy atom. The minimum absolute atomic E-state index is 0.00862. The summed E-state index contributed by atoms with van der Waals surface area (Å²) in [6.07, 6.45) is 0. The van der Waals surface area contributed by atoms with Crippen molar-refractivity contribution in [3.63, 3.8) is 0 Å². The summed E-state index contributed by atoms with van der Waals surface area (Å²) in [5.41, 5.74) is 2.57. The van der Waals surface area contributed by atoms with E-state index in [0.29, 0.717) is 38.6 Å². The molecule has 3 aromatic carbocycles. The first-order valence-corrected chi connectivity index (χ1v) is 11.8. The molecule has 0 fully saturated rings. The van der Waals surface area contributed by atoms with Gasteiger partial charge in [0.2, 0.25) is 0 Å². The van der Waals surface area contributed by atoms with Crippen molar-refractivity contribution in [3.05, 3.63) is 87.0 Å². The van der Waals surface area contributed by atoms with E-state index in [0.717, 1.165) is 10.0 Å². The van der Waals surface area contributed by atoms with Crippen LogP contribution in [0.2, 0.25) is 0 Å². The summed E-state index contributed by atoms with van der Waals surface area (Å²) in [5, 5.41) is 11.1. The molecule has 9 heteroatoms. The molecule has 0 unspecified atom stereocenters. The Balaban J connectivity index is 1.91. The number of aromatic nitrogens is 1. The monoisotopic (exact) mass is 524 g/mol. The van der Waals surface area contributed by atoms with E-state index < -0.39 is 19.4 Å². The maximum atomic E-state index is 13.2. The van der Waals surface area contributed by atoms with Gasteiger partial charge in [-0.2, -0.15) is 0 Å². The molecule has 34 heavy (non-hydrogen) atoms. The first-order chi connectivity index (χ1) is 16.5. The average Bonchev–Trinajstić information content (AvgIpc) is 3.33. The number of carbonyl (C=O) groups is 1. The predicted octanol–water partition coefficient (Wildman–Crippen LogP) is 4.64. The van der Waals surface area contributed by atoms with E-state index in [1.807, 2.05) is 6.07 Å². The number of methoxy groups -OCH3 is 3. The third-order valence-electron chi connectivity index (χ3n) is 5.14. The van der Waals surface area contributed by atoms with Crippen molar-refractivity contribution in [3.8, 4) is 38.5 Å². The summed E-state index contributed by atoms with van der Waals surface area (Å²) < 4.78 is 17.7. The Morgan fingerprint density at radius 2 is 1.50 bits per heavy atom. The van der Waals surface area contributed by atoms with Gasteiger partial charge >= 0.3 is 202 Å². The van der Waals surface area contributed by atoms with Crippen molar-refractivity contribution in [2.24, 2.45) is 0 Å². The molecule has 1 aromatic heterocycles. The van der Waals surface area contributed by atoms with E-state index in [4.69, 9.17) is 19.2 Å². The number of nitrogens with zero attached hydrogens (tertiary/aromatic N) is 2. The third kappa shape index (κ3) is 4.44. The topological polar surface area (TPSA) is 101 Å². The van der Waals surface area contributed by atoms with Crippen LogP contribution in [0.3, 0.4) is 0 Å². The fourth-order valence-corrected chi connectivity index (χ4v) is 5.69. The second-order valence-electron chi connectivity index (χ2n) is 7.11. The SMILES string of the molecule is COc1cc(-c2nc(C(=O)c3ccccc3)[se]c2-c2ccc([N+](=O)[O-])cc2)cc(OC)c1OC. The van der Waals surface area contributed by atoms with Crippen molar-refractivity contribution in [1.29, 1.82) is 0 Å². The van der Waals surface area contributed by atoms with E-state index >= 15 is 0 Å². The number of hydrogen-bond acceptors (Lipinski definition) is 7. The fraction of sp³-hybridized carbons (Fsp3) is 0.120. The first kappa shape index (κ1) is 23.2. The summed E-state index contributed by atoms with van der Waals surface area (Å²) in [5.74, 6) is 1.21. The first-order valence-electron chi connectivity index (χ1n) is 10.1. The Labute approximate surface area is 201 Å². The van der Waals surface area contributed by atoms with Gasteiger partial charge in [-0.1, -0.05) is 0 Å². The van der Waals surface area contributed by atoms with Crippen LogP contribution in [0.15, 0.2) is 66.7 Å². The number of non-ortho nitro benzene ring substituents is 1. The quantitative estimate of drug-likeness (QED) is 0.144.